The Morgan fingerprint density at radius 2 is 2.00 bits per heavy atom. The fourth-order valence-electron chi connectivity index (χ4n) is 3.19. The Morgan fingerprint density at radius 3 is 2.69 bits per heavy atom. The molecule has 1 aliphatic carbocycles. The average Bonchev–Trinajstić information content (AvgIpc) is 3.44. The molecular formula is C21H20F2N4O2. The zero-order valence-electron chi connectivity index (χ0n) is 16.0. The Hall–Kier alpha value is -3.26. The number of nitrogens with zero attached hydrogens (tertiary/aromatic N) is 1. The Labute approximate surface area is 165 Å². The molecule has 0 bridgehead atoms. The van der Waals surface area contributed by atoms with E-state index in [1.165, 1.54) is 19.2 Å². The van der Waals surface area contributed by atoms with Crippen LogP contribution >= 0.6 is 0 Å². The van der Waals surface area contributed by atoms with Crippen molar-refractivity contribution in [3.05, 3.63) is 53.2 Å². The van der Waals surface area contributed by atoms with Gasteiger partial charge in [0.05, 0.1) is 29.5 Å². The number of H-pyrrole nitrogens is 1. The number of methoxy groups -OCH3 is 1. The molecule has 150 valence electrons. The van der Waals surface area contributed by atoms with Crippen LogP contribution in [0.2, 0.25) is 0 Å². The number of hydrogen-bond donors (Lipinski definition) is 3. The van der Waals surface area contributed by atoms with Crippen LogP contribution < -0.4 is 15.4 Å². The lowest BCUT2D eigenvalue weighted by atomic mass is 10.1. The number of likely N-dealkylation sites (N-methyl/N-ethyl adjacent to an activating group) is 1. The first-order valence-electron chi connectivity index (χ1n) is 9.15. The highest BCUT2D eigenvalue weighted by Gasteiger charge is 2.48. The number of carbonyl (C=O) groups is 1. The summed E-state index contributed by atoms with van der Waals surface area (Å²) in [5.74, 6) is -1.09. The van der Waals surface area contributed by atoms with Crippen molar-refractivity contribution in [1.29, 1.82) is 0 Å². The normalized spacial score (nSPS) is 15.0. The number of nitrogens with one attached hydrogen (secondary N) is 3. The van der Waals surface area contributed by atoms with Gasteiger partial charge in [0.1, 0.15) is 5.82 Å². The molecule has 4 rings (SSSR count). The van der Waals surface area contributed by atoms with Gasteiger partial charge in [-0.3, -0.25) is 9.89 Å². The second-order valence-electron chi connectivity index (χ2n) is 7.00. The molecule has 29 heavy (non-hydrogen) atoms. The van der Waals surface area contributed by atoms with Crippen LogP contribution in [0.15, 0.2) is 30.3 Å². The van der Waals surface area contributed by atoms with Crippen molar-refractivity contribution in [3.63, 3.8) is 0 Å². The van der Waals surface area contributed by atoms with E-state index in [4.69, 9.17) is 4.74 Å². The molecule has 8 heteroatoms. The van der Waals surface area contributed by atoms with Crippen LogP contribution in [0.1, 0.15) is 24.1 Å². The lowest BCUT2D eigenvalue weighted by Gasteiger charge is -2.14. The molecule has 1 fully saturated rings. The standard InChI is InChI=1S/C21H20F2N4O2/c1-24-21(7-8-21)20(28)25-18-10-13-16(26-27-17(13)11-15(18)23)6-4-12-3-5-14(22)19(9-12)29-2/h3-6,9-11,24H,7-8H2,1-2H3,(H,25,28)(H,26,27). The third-order valence-electron chi connectivity index (χ3n) is 5.20. The molecular weight excluding hydrogens is 378 g/mol. The number of carbonyl (C=O) groups excluding carboxylic acids is 1. The smallest absolute Gasteiger partial charge is 0.244 e. The number of ether oxygens (including phenoxy) is 1. The number of anilines is 1. The maximum atomic E-state index is 14.4. The summed E-state index contributed by atoms with van der Waals surface area (Å²) in [4.78, 5) is 12.4. The second kappa shape index (κ2) is 7.29. The van der Waals surface area contributed by atoms with Crippen LogP contribution in [0, 0.1) is 11.6 Å². The van der Waals surface area contributed by atoms with E-state index in [1.807, 2.05) is 0 Å². The van der Waals surface area contributed by atoms with Gasteiger partial charge in [-0.1, -0.05) is 12.1 Å². The van der Waals surface area contributed by atoms with Gasteiger partial charge in [0.25, 0.3) is 0 Å². The maximum absolute atomic E-state index is 14.4. The van der Waals surface area contributed by atoms with Crippen LogP contribution in [-0.2, 0) is 4.79 Å². The van der Waals surface area contributed by atoms with Gasteiger partial charge in [0.2, 0.25) is 5.91 Å². The number of amides is 1. The monoisotopic (exact) mass is 398 g/mol. The van der Waals surface area contributed by atoms with Crippen LogP contribution in [0.5, 0.6) is 5.75 Å². The van der Waals surface area contributed by atoms with Crippen molar-refractivity contribution < 1.29 is 18.3 Å². The fraction of sp³-hybridized carbons (Fsp3) is 0.238. The summed E-state index contributed by atoms with van der Waals surface area (Å²) in [7, 11) is 3.12. The van der Waals surface area contributed by atoms with Crippen LogP contribution in [0.3, 0.4) is 0 Å². The van der Waals surface area contributed by atoms with Gasteiger partial charge in [-0.2, -0.15) is 5.10 Å². The molecule has 0 atom stereocenters. The zero-order chi connectivity index (χ0) is 20.6. The average molecular weight is 398 g/mol. The minimum Gasteiger partial charge on any atom is -0.494 e. The highest BCUT2D eigenvalue weighted by molar-refractivity contribution is 6.02. The molecule has 3 N–H and O–H groups in total. The largest absolute Gasteiger partial charge is 0.494 e. The second-order valence-corrected chi connectivity index (χ2v) is 7.00. The lowest BCUT2D eigenvalue weighted by Crippen LogP contribution is -2.40. The van der Waals surface area contributed by atoms with Crippen molar-refractivity contribution in [3.8, 4) is 5.75 Å². The van der Waals surface area contributed by atoms with Gasteiger partial charge in [0.15, 0.2) is 11.6 Å². The predicted molar refractivity (Wildman–Crippen MR) is 108 cm³/mol. The van der Waals surface area contributed by atoms with Gasteiger partial charge in [-0.25, -0.2) is 8.78 Å². The van der Waals surface area contributed by atoms with Gasteiger partial charge in [-0.05, 0) is 49.7 Å². The van der Waals surface area contributed by atoms with Gasteiger partial charge < -0.3 is 15.4 Å². The van der Waals surface area contributed by atoms with Crippen LogP contribution in [0.25, 0.3) is 23.1 Å². The highest BCUT2D eigenvalue weighted by atomic mass is 19.1. The number of aromatic nitrogens is 2. The van der Waals surface area contributed by atoms with E-state index in [2.05, 4.69) is 20.8 Å². The fourth-order valence-corrected chi connectivity index (χ4v) is 3.19. The Balaban J connectivity index is 1.63. The number of benzene rings is 2. The number of halogens is 2. The van der Waals surface area contributed by atoms with Crippen molar-refractivity contribution in [1.82, 2.24) is 15.5 Å². The van der Waals surface area contributed by atoms with E-state index >= 15 is 0 Å². The number of aromatic amines is 1. The predicted octanol–water partition coefficient (Wildman–Crippen LogP) is 3.71. The lowest BCUT2D eigenvalue weighted by molar-refractivity contribution is -0.119. The molecule has 1 saturated carbocycles. The summed E-state index contributed by atoms with van der Waals surface area (Å²) in [6.07, 6.45) is 4.92. The van der Waals surface area contributed by atoms with Crippen molar-refractivity contribution in [2.75, 3.05) is 19.5 Å². The molecule has 0 saturated heterocycles. The quantitative estimate of drug-likeness (QED) is 0.592. The molecule has 0 radical (unpaired) electrons. The van der Waals surface area contributed by atoms with Crippen LogP contribution in [0.4, 0.5) is 14.5 Å². The third kappa shape index (κ3) is 3.58. The Morgan fingerprint density at radius 1 is 1.21 bits per heavy atom. The Bertz CT molecular complexity index is 1120. The van der Waals surface area contributed by atoms with E-state index < -0.39 is 17.2 Å². The first-order chi connectivity index (χ1) is 14.0. The first-order valence-corrected chi connectivity index (χ1v) is 9.15. The SMILES string of the molecule is CNC1(C(=O)Nc2cc3c(C=Cc4ccc(F)c(OC)c4)n[nH]c3cc2F)CC1. The molecule has 0 spiro atoms. The zero-order valence-corrected chi connectivity index (χ0v) is 16.0. The van der Waals surface area contributed by atoms with E-state index in [0.29, 0.717) is 16.6 Å². The topological polar surface area (TPSA) is 79.0 Å². The third-order valence-corrected chi connectivity index (χ3v) is 5.20. The Kier molecular flexibility index (Phi) is 4.79. The highest BCUT2D eigenvalue weighted by Crippen LogP contribution is 2.36. The summed E-state index contributed by atoms with van der Waals surface area (Å²) >= 11 is 0. The van der Waals surface area contributed by atoms with Crippen molar-refractivity contribution >= 4 is 34.6 Å². The first kappa shape index (κ1) is 19.1. The molecule has 1 heterocycles. The van der Waals surface area contributed by atoms with Gasteiger partial charge >= 0.3 is 0 Å². The molecule has 3 aromatic rings. The summed E-state index contributed by atoms with van der Waals surface area (Å²) in [5.41, 5.74) is 1.28. The van der Waals surface area contributed by atoms with Crippen molar-refractivity contribution in [2.24, 2.45) is 0 Å². The minimum atomic E-state index is -0.609. The molecule has 2 aromatic carbocycles. The molecule has 0 aliphatic heterocycles. The summed E-state index contributed by atoms with van der Waals surface area (Å²) in [6, 6.07) is 7.36. The van der Waals surface area contributed by atoms with E-state index in [1.54, 1.807) is 37.4 Å². The molecule has 1 aliphatic rings. The summed E-state index contributed by atoms with van der Waals surface area (Å²) in [6.45, 7) is 0. The van der Waals surface area contributed by atoms with Gasteiger partial charge in [0, 0.05) is 11.5 Å². The van der Waals surface area contributed by atoms with Gasteiger partial charge in [-0.15, -0.1) is 0 Å². The molecule has 0 unspecified atom stereocenters. The van der Waals surface area contributed by atoms with Crippen LogP contribution in [-0.4, -0.2) is 35.8 Å². The molecule has 1 aromatic heterocycles. The summed E-state index contributed by atoms with van der Waals surface area (Å²) < 4.78 is 33.0. The number of fused-ring (bicyclic) bond motifs is 1. The molecule has 1 amide bonds. The number of rotatable bonds is 6. The minimum absolute atomic E-state index is 0.100. The maximum Gasteiger partial charge on any atom is 0.244 e. The summed E-state index contributed by atoms with van der Waals surface area (Å²) in [5, 5.41) is 13.3. The number of hydrogen-bond acceptors (Lipinski definition) is 4. The van der Waals surface area contributed by atoms with E-state index in [9.17, 15) is 13.6 Å². The van der Waals surface area contributed by atoms with Crippen molar-refractivity contribution in [2.45, 2.75) is 18.4 Å². The van der Waals surface area contributed by atoms with E-state index in [0.717, 1.165) is 18.4 Å². The van der Waals surface area contributed by atoms with E-state index in [-0.39, 0.29) is 17.3 Å². The molecule has 6 nitrogen and oxygen atoms in total.